The van der Waals surface area contributed by atoms with Crippen molar-refractivity contribution in [2.75, 3.05) is 39.3 Å². The first-order chi connectivity index (χ1) is 13.4. The molecule has 2 fully saturated rings. The highest BCUT2D eigenvalue weighted by Crippen LogP contribution is 2.25. The van der Waals surface area contributed by atoms with E-state index < -0.39 is 0 Å². The number of rotatable bonds is 5. The number of aryl methyl sites for hydroxylation is 2. The van der Waals surface area contributed by atoms with Gasteiger partial charge in [0.2, 0.25) is 0 Å². The van der Waals surface area contributed by atoms with Crippen LogP contribution >= 0.6 is 0 Å². The van der Waals surface area contributed by atoms with Crippen LogP contribution in [0.5, 0.6) is 0 Å². The molecule has 3 rings (SSSR count). The molecule has 0 spiro atoms. The molecule has 0 radical (unpaired) electrons. The second-order valence-corrected chi connectivity index (χ2v) is 8.89. The van der Waals surface area contributed by atoms with Crippen LogP contribution in [-0.2, 0) is 0 Å². The highest BCUT2D eigenvalue weighted by atomic mass is 16.3. The normalized spacial score (nSPS) is 22.8. The predicted octanol–water partition coefficient (Wildman–Crippen LogP) is 2.69. The van der Waals surface area contributed by atoms with E-state index in [2.05, 4.69) is 29.7 Å². The Hall–Kier alpha value is -1.43. The number of likely N-dealkylation sites (tertiary alicyclic amines) is 1. The number of aliphatic hydroxyl groups is 1. The number of benzene rings is 1. The van der Waals surface area contributed by atoms with Gasteiger partial charge in [0.05, 0.1) is 0 Å². The molecule has 0 unspecified atom stereocenters. The van der Waals surface area contributed by atoms with Crippen LogP contribution in [0.4, 0.5) is 0 Å². The summed E-state index contributed by atoms with van der Waals surface area (Å²) in [6.45, 7) is 13.5. The lowest BCUT2D eigenvalue weighted by atomic mass is 9.97. The van der Waals surface area contributed by atoms with Crippen molar-refractivity contribution < 1.29 is 9.90 Å². The Bertz CT molecular complexity index is 648. The lowest BCUT2D eigenvalue weighted by Crippen LogP contribution is -2.59. The molecule has 1 amide bonds. The summed E-state index contributed by atoms with van der Waals surface area (Å²) in [6.07, 6.45) is 3.11. The number of hydrogen-bond donors (Lipinski definition) is 1. The lowest BCUT2D eigenvalue weighted by molar-refractivity contribution is 0.00414. The Morgan fingerprint density at radius 2 is 1.71 bits per heavy atom. The van der Waals surface area contributed by atoms with E-state index in [0.29, 0.717) is 12.1 Å². The minimum Gasteiger partial charge on any atom is -0.396 e. The van der Waals surface area contributed by atoms with Crippen LogP contribution in [0.25, 0.3) is 0 Å². The fourth-order valence-electron chi connectivity index (χ4n) is 4.96. The fraction of sp³-hybridized carbons (Fsp3) is 0.696. The second-order valence-electron chi connectivity index (χ2n) is 8.89. The van der Waals surface area contributed by atoms with Crippen molar-refractivity contribution in [1.82, 2.24) is 14.7 Å². The van der Waals surface area contributed by atoms with E-state index in [1.807, 2.05) is 30.9 Å². The van der Waals surface area contributed by atoms with Gasteiger partial charge in [0.25, 0.3) is 5.91 Å². The third-order valence-electron chi connectivity index (χ3n) is 6.44. The van der Waals surface area contributed by atoms with Crippen LogP contribution in [0.15, 0.2) is 18.2 Å². The Labute approximate surface area is 170 Å². The van der Waals surface area contributed by atoms with E-state index >= 15 is 0 Å². The Morgan fingerprint density at radius 3 is 2.29 bits per heavy atom. The molecule has 5 nitrogen and oxygen atoms in total. The number of aliphatic hydroxyl groups excluding tert-OH is 1. The highest BCUT2D eigenvalue weighted by molar-refractivity contribution is 5.94. The Morgan fingerprint density at radius 1 is 1.07 bits per heavy atom. The van der Waals surface area contributed by atoms with Gasteiger partial charge in [-0.3, -0.25) is 9.69 Å². The first kappa shape index (κ1) is 21.3. The maximum Gasteiger partial charge on any atom is 0.253 e. The predicted molar refractivity (Wildman–Crippen MR) is 114 cm³/mol. The van der Waals surface area contributed by atoms with Crippen molar-refractivity contribution in [2.45, 2.75) is 65.1 Å². The maximum absolute atomic E-state index is 13.1. The number of piperazine rings is 1. The molecule has 28 heavy (non-hydrogen) atoms. The van der Waals surface area contributed by atoms with Crippen molar-refractivity contribution in [3.05, 3.63) is 34.9 Å². The molecule has 2 aliphatic rings. The molecular formula is C23H37N3O2. The average Bonchev–Trinajstić information content (AvgIpc) is 2.67. The topological polar surface area (TPSA) is 47.0 Å². The van der Waals surface area contributed by atoms with Gasteiger partial charge in [-0.05, 0) is 72.2 Å². The van der Waals surface area contributed by atoms with E-state index in [9.17, 15) is 9.90 Å². The third kappa shape index (κ3) is 4.94. The first-order valence-corrected chi connectivity index (χ1v) is 10.9. The summed E-state index contributed by atoms with van der Waals surface area (Å²) in [5.74, 6) is 0.129. The molecule has 1 N–H and O–H groups in total. The van der Waals surface area contributed by atoms with Gasteiger partial charge in [0, 0.05) is 49.9 Å². The smallest absolute Gasteiger partial charge is 0.253 e. The highest BCUT2D eigenvalue weighted by Gasteiger charge is 2.35. The van der Waals surface area contributed by atoms with Crippen molar-refractivity contribution in [1.29, 1.82) is 0 Å². The molecule has 156 valence electrons. The van der Waals surface area contributed by atoms with Gasteiger partial charge in [-0.25, -0.2) is 0 Å². The number of amides is 1. The van der Waals surface area contributed by atoms with E-state index in [-0.39, 0.29) is 18.6 Å². The molecule has 2 aliphatic heterocycles. The van der Waals surface area contributed by atoms with E-state index in [0.717, 1.165) is 55.8 Å². The van der Waals surface area contributed by atoms with Crippen molar-refractivity contribution in [3.8, 4) is 0 Å². The number of nitrogens with zero attached hydrogens (tertiary/aromatic N) is 3. The molecule has 5 heteroatoms. The van der Waals surface area contributed by atoms with Gasteiger partial charge in [-0.1, -0.05) is 17.2 Å². The number of carbonyl (C=O) groups is 1. The fourth-order valence-corrected chi connectivity index (χ4v) is 4.96. The minimum absolute atomic E-state index is 0.129. The largest absolute Gasteiger partial charge is 0.396 e. The van der Waals surface area contributed by atoms with E-state index in [4.69, 9.17) is 0 Å². The molecule has 0 aromatic heterocycles. The zero-order valence-corrected chi connectivity index (χ0v) is 18.0. The summed E-state index contributed by atoms with van der Waals surface area (Å²) in [5, 5.41) is 9.63. The zero-order chi connectivity index (χ0) is 20.3. The van der Waals surface area contributed by atoms with Crippen molar-refractivity contribution in [2.24, 2.45) is 0 Å². The summed E-state index contributed by atoms with van der Waals surface area (Å²) in [5.41, 5.74) is 3.05. The summed E-state index contributed by atoms with van der Waals surface area (Å²) < 4.78 is 0. The Kier molecular flexibility index (Phi) is 7.13. The third-order valence-corrected chi connectivity index (χ3v) is 6.44. The van der Waals surface area contributed by atoms with E-state index in [1.54, 1.807) is 0 Å². The van der Waals surface area contributed by atoms with Crippen LogP contribution in [0.3, 0.4) is 0 Å². The minimum atomic E-state index is 0.129. The first-order valence-electron chi connectivity index (χ1n) is 10.9. The quantitative estimate of drug-likeness (QED) is 0.844. The molecular weight excluding hydrogens is 350 g/mol. The van der Waals surface area contributed by atoms with Gasteiger partial charge in [0.15, 0.2) is 0 Å². The summed E-state index contributed by atoms with van der Waals surface area (Å²) >= 11 is 0. The second kappa shape index (κ2) is 9.38. The number of carbonyl (C=O) groups excluding carboxylic acids is 1. The number of piperidine rings is 1. The summed E-state index contributed by atoms with van der Waals surface area (Å²) in [6, 6.07) is 7.53. The van der Waals surface area contributed by atoms with Crippen LogP contribution in [0.2, 0.25) is 0 Å². The molecule has 1 aromatic rings. The molecule has 0 saturated carbocycles. The molecule has 0 bridgehead atoms. The van der Waals surface area contributed by atoms with Crippen molar-refractivity contribution >= 4 is 5.91 Å². The lowest BCUT2D eigenvalue weighted by Gasteiger charge is -2.48. The van der Waals surface area contributed by atoms with Gasteiger partial charge in [0.1, 0.15) is 0 Å². The molecule has 1 aromatic carbocycles. The monoisotopic (exact) mass is 387 g/mol. The molecule has 2 heterocycles. The molecule has 1 atom stereocenters. The maximum atomic E-state index is 13.1. The van der Waals surface area contributed by atoms with Crippen molar-refractivity contribution in [3.63, 3.8) is 0 Å². The van der Waals surface area contributed by atoms with Gasteiger partial charge < -0.3 is 14.9 Å². The number of hydrogen-bond acceptors (Lipinski definition) is 4. The van der Waals surface area contributed by atoms with Gasteiger partial charge in [-0.15, -0.1) is 0 Å². The van der Waals surface area contributed by atoms with Gasteiger partial charge in [-0.2, -0.15) is 0 Å². The SMILES string of the molecule is Cc1cc(C)cc(C(=O)N2CCN(C3CCN(C(C)C)CC3)[C@@H](CCO)C2)c1. The summed E-state index contributed by atoms with van der Waals surface area (Å²) in [4.78, 5) is 20.2. The average molecular weight is 388 g/mol. The standard InChI is InChI=1S/C23H37N3O2/c1-17(2)24-8-5-21(6-9-24)26-11-10-25(16-22(26)7-12-27)23(28)20-14-18(3)13-19(4)15-20/h13-15,17,21-22,27H,5-12,16H2,1-4H3/t22-/m0/s1. The van der Waals surface area contributed by atoms with Gasteiger partial charge >= 0.3 is 0 Å². The zero-order valence-electron chi connectivity index (χ0n) is 18.0. The Balaban J connectivity index is 1.66. The molecule has 0 aliphatic carbocycles. The van der Waals surface area contributed by atoms with Crippen LogP contribution < -0.4 is 0 Å². The van der Waals surface area contributed by atoms with E-state index in [1.165, 1.54) is 12.8 Å². The van der Waals surface area contributed by atoms with Crippen LogP contribution in [0, 0.1) is 13.8 Å². The van der Waals surface area contributed by atoms with Crippen LogP contribution in [-0.4, -0.2) is 83.2 Å². The summed E-state index contributed by atoms with van der Waals surface area (Å²) in [7, 11) is 0. The van der Waals surface area contributed by atoms with Crippen LogP contribution in [0.1, 0.15) is 54.6 Å². The molecule has 2 saturated heterocycles.